The van der Waals surface area contributed by atoms with Crippen LogP contribution in [0.1, 0.15) is 25.7 Å². The fraction of sp³-hybridized carbons (Fsp3) is 1.00. The highest BCUT2D eigenvalue weighted by atomic mass is 16.5. The maximum absolute atomic E-state index is 9.64. The molecular formula is C7H13NO3. The number of nitrogens with one attached hydrogen (secondary N) is 1. The first-order chi connectivity index (χ1) is 5.04. The van der Waals surface area contributed by atoms with Crippen LogP contribution in [0.5, 0.6) is 0 Å². The lowest BCUT2D eigenvalue weighted by molar-refractivity contribution is -0.293. The van der Waals surface area contributed by atoms with Crippen LogP contribution < -0.4 is 5.32 Å². The fourth-order valence-electron chi connectivity index (χ4n) is 1.98. The van der Waals surface area contributed by atoms with Crippen molar-refractivity contribution in [1.29, 1.82) is 0 Å². The zero-order chi connectivity index (χ0) is 8.11. The van der Waals surface area contributed by atoms with E-state index in [-0.39, 0.29) is 12.5 Å². The first-order valence-electron chi connectivity index (χ1n) is 3.98. The standard InChI is InChI=1S/C7H13NO3/c9-6-3-1-5(8-6)2-4-7(6,10)11/h5,8-11H,1-4H2. The summed E-state index contributed by atoms with van der Waals surface area (Å²) in [6, 6.07) is 0.271. The predicted octanol–water partition coefficient (Wildman–Crippen LogP) is -1.10. The van der Waals surface area contributed by atoms with E-state index in [1.165, 1.54) is 0 Å². The summed E-state index contributed by atoms with van der Waals surface area (Å²) in [6.45, 7) is 0. The summed E-state index contributed by atoms with van der Waals surface area (Å²) in [7, 11) is 0. The summed E-state index contributed by atoms with van der Waals surface area (Å²) in [6.07, 6.45) is 2.26. The number of piperidine rings is 1. The Morgan fingerprint density at radius 1 is 1.09 bits per heavy atom. The summed E-state index contributed by atoms with van der Waals surface area (Å²) in [5, 5.41) is 31.2. The summed E-state index contributed by atoms with van der Waals surface area (Å²) >= 11 is 0. The van der Waals surface area contributed by atoms with Gasteiger partial charge in [0.1, 0.15) is 0 Å². The third kappa shape index (κ3) is 0.906. The largest absolute Gasteiger partial charge is 0.370 e. The molecule has 2 unspecified atom stereocenters. The molecule has 2 heterocycles. The molecule has 4 heteroatoms. The molecule has 2 atom stereocenters. The van der Waals surface area contributed by atoms with E-state index in [9.17, 15) is 15.3 Å². The van der Waals surface area contributed by atoms with Crippen LogP contribution in [-0.4, -0.2) is 32.9 Å². The first kappa shape index (κ1) is 7.49. The second-order valence-electron chi connectivity index (χ2n) is 3.60. The molecule has 0 aromatic heterocycles. The highest BCUT2D eigenvalue weighted by Gasteiger charge is 2.55. The monoisotopic (exact) mass is 159 g/mol. The maximum atomic E-state index is 9.64. The smallest absolute Gasteiger partial charge is 0.206 e. The number of fused-ring (bicyclic) bond motifs is 2. The van der Waals surface area contributed by atoms with Crippen LogP contribution in [0.2, 0.25) is 0 Å². The van der Waals surface area contributed by atoms with Gasteiger partial charge in [0.05, 0.1) is 0 Å². The van der Waals surface area contributed by atoms with Crippen LogP contribution in [0.4, 0.5) is 0 Å². The van der Waals surface area contributed by atoms with Gasteiger partial charge >= 0.3 is 0 Å². The molecule has 2 rings (SSSR count). The van der Waals surface area contributed by atoms with Crippen molar-refractivity contribution in [2.45, 2.75) is 43.2 Å². The third-order valence-corrected chi connectivity index (χ3v) is 2.80. The molecule has 0 aliphatic carbocycles. The molecule has 0 saturated carbocycles. The van der Waals surface area contributed by atoms with E-state index in [2.05, 4.69) is 5.32 Å². The Morgan fingerprint density at radius 3 is 2.36 bits per heavy atom. The molecule has 2 aliphatic rings. The zero-order valence-electron chi connectivity index (χ0n) is 6.25. The van der Waals surface area contributed by atoms with Gasteiger partial charge in [-0.15, -0.1) is 0 Å². The maximum Gasteiger partial charge on any atom is 0.206 e. The molecule has 64 valence electrons. The van der Waals surface area contributed by atoms with Gasteiger partial charge in [0.25, 0.3) is 0 Å². The van der Waals surface area contributed by atoms with Crippen LogP contribution in [0.3, 0.4) is 0 Å². The van der Waals surface area contributed by atoms with E-state index < -0.39 is 11.5 Å². The van der Waals surface area contributed by atoms with Crippen molar-refractivity contribution < 1.29 is 15.3 Å². The Kier molecular flexibility index (Phi) is 1.33. The molecule has 0 amide bonds. The van der Waals surface area contributed by atoms with Gasteiger partial charge in [0.2, 0.25) is 5.79 Å². The van der Waals surface area contributed by atoms with Crippen molar-refractivity contribution in [2.24, 2.45) is 0 Å². The van der Waals surface area contributed by atoms with Gasteiger partial charge in [0.15, 0.2) is 5.72 Å². The molecule has 0 aromatic rings. The Bertz CT molecular complexity index is 183. The second-order valence-corrected chi connectivity index (χ2v) is 3.60. The first-order valence-corrected chi connectivity index (χ1v) is 3.98. The summed E-state index contributed by atoms with van der Waals surface area (Å²) in [4.78, 5) is 0. The van der Waals surface area contributed by atoms with Crippen LogP contribution in [0.25, 0.3) is 0 Å². The minimum absolute atomic E-state index is 0.265. The normalized spacial score (nSPS) is 47.7. The molecule has 0 radical (unpaired) electrons. The van der Waals surface area contributed by atoms with Crippen molar-refractivity contribution in [2.75, 3.05) is 0 Å². The van der Waals surface area contributed by atoms with E-state index in [0.29, 0.717) is 6.42 Å². The summed E-state index contributed by atoms with van der Waals surface area (Å²) < 4.78 is 0. The van der Waals surface area contributed by atoms with E-state index in [4.69, 9.17) is 0 Å². The number of hydrogen-bond donors (Lipinski definition) is 4. The van der Waals surface area contributed by atoms with Gasteiger partial charge in [-0.1, -0.05) is 0 Å². The predicted molar refractivity (Wildman–Crippen MR) is 37.5 cm³/mol. The Morgan fingerprint density at radius 2 is 1.73 bits per heavy atom. The Labute approximate surface area is 64.8 Å². The van der Waals surface area contributed by atoms with Crippen LogP contribution in [0, 0.1) is 0 Å². The zero-order valence-corrected chi connectivity index (χ0v) is 6.25. The molecule has 2 fully saturated rings. The van der Waals surface area contributed by atoms with E-state index >= 15 is 0 Å². The van der Waals surface area contributed by atoms with Gasteiger partial charge in [0, 0.05) is 12.5 Å². The van der Waals surface area contributed by atoms with Gasteiger partial charge in [-0.3, -0.25) is 5.32 Å². The molecule has 4 N–H and O–H groups in total. The van der Waals surface area contributed by atoms with Gasteiger partial charge in [-0.25, -0.2) is 0 Å². The molecule has 0 aromatic carbocycles. The van der Waals surface area contributed by atoms with Crippen molar-refractivity contribution >= 4 is 0 Å². The molecule has 2 aliphatic heterocycles. The quantitative estimate of drug-likeness (QED) is 0.339. The van der Waals surface area contributed by atoms with Crippen LogP contribution in [0.15, 0.2) is 0 Å². The van der Waals surface area contributed by atoms with Gasteiger partial charge in [-0.05, 0) is 19.3 Å². The minimum Gasteiger partial charge on any atom is -0.370 e. The molecular weight excluding hydrogens is 146 g/mol. The minimum atomic E-state index is -1.93. The van der Waals surface area contributed by atoms with Crippen molar-refractivity contribution in [3.63, 3.8) is 0 Å². The van der Waals surface area contributed by atoms with Gasteiger partial charge < -0.3 is 15.3 Å². The van der Waals surface area contributed by atoms with Gasteiger partial charge in [-0.2, -0.15) is 0 Å². The topological polar surface area (TPSA) is 72.7 Å². The molecule has 11 heavy (non-hydrogen) atoms. The lowest BCUT2D eigenvalue weighted by atomic mass is 9.95. The average Bonchev–Trinajstić information content (AvgIpc) is 2.25. The Hall–Kier alpha value is -0.160. The number of hydrogen-bond acceptors (Lipinski definition) is 4. The van der Waals surface area contributed by atoms with Crippen molar-refractivity contribution in [3.05, 3.63) is 0 Å². The summed E-state index contributed by atoms with van der Waals surface area (Å²) in [5.41, 5.74) is -1.45. The Balaban J connectivity index is 2.27. The molecule has 4 nitrogen and oxygen atoms in total. The lowest BCUT2D eigenvalue weighted by Gasteiger charge is -2.40. The SMILES string of the molecule is OC1(O)CCC2CCC1(O)N2. The van der Waals surface area contributed by atoms with E-state index in [1.54, 1.807) is 0 Å². The van der Waals surface area contributed by atoms with Crippen molar-refractivity contribution in [3.8, 4) is 0 Å². The number of rotatable bonds is 0. The molecule has 0 spiro atoms. The number of aliphatic hydroxyl groups is 3. The van der Waals surface area contributed by atoms with Crippen LogP contribution >= 0.6 is 0 Å². The van der Waals surface area contributed by atoms with Crippen LogP contribution in [-0.2, 0) is 0 Å². The highest BCUT2D eigenvalue weighted by Crippen LogP contribution is 2.39. The fourth-order valence-corrected chi connectivity index (χ4v) is 1.98. The highest BCUT2D eigenvalue weighted by molar-refractivity contribution is 5.02. The van der Waals surface area contributed by atoms with Crippen molar-refractivity contribution in [1.82, 2.24) is 5.32 Å². The lowest BCUT2D eigenvalue weighted by Crippen LogP contribution is -2.64. The third-order valence-electron chi connectivity index (χ3n) is 2.80. The van der Waals surface area contributed by atoms with E-state index in [1.807, 2.05) is 0 Å². The molecule has 2 bridgehead atoms. The molecule has 2 saturated heterocycles. The average molecular weight is 159 g/mol. The second kappa shape index (κ2) is 1.95. The summed E-state index contributed by atoms with van der Waals surface area (Å²) in [5.74, 6) is -1.93. The van der Waals surface area contributed by atoms with E-state index in [0.717, 1.165) is 12.8 Å².